The highest BCUT2D eigenvalue weighted by Gasteiger charge is 2.27. The molecule has 20 heavy (non-hydrogen) atoms. The predicted octanol–water partition coefficient (Wildman–Crippen LogP) is 2.00. The molecule has 0 aromatic carbocycles. The van der Waals surface area contributed by atoms with Crippen LogP contribution < -0.4 is 10.2 Å². The van der Waals surface area contributed by atoms with E-state index in [1.54, 1.807) is 6.33 Å². The van der Waals surface area contributed by atoms with Crippen molar-refractivity contribution in [1.29, 1.82) is 0 Å². The molecule has 1 unspecified atom stereocenters. The summed E-state index contributed by atoms with van der Waals surface area (Å²) in [5.74, 6) is 2.12. The van der Waals surface area contributed by atoms with E-state index in [9.17, 15) is 0 Å². The molecule has 0 saturated carbocycles. The first-order valence-corrected chi connectivity index (χ1v) is 7.66. The van der Waals surface area contributed by atoms with Crippen molar-refractivity contribution < 1.29 is 0 Å². The Morgan fingerprint density at radius 1 is 1.35 bits per heavy atom. The number of nitrogens with one attached hydrogen (secondary N) is 1. The summed E-state index contributed by atoms with van der Waals surface area (Å²) < 4.78 is 0. The van der Waals surface area contributed by atoms with E-state index >= 15 is 0 Å². The second-order valence-electron chi connectivity index (χ2n) is 5.66. The van der Waals surface area contributed by atoms with Gasteiger partial charge in [-0.1, -0.05) is 13.8 Å². The maximum Gasteiger partial charge on any atom is 0.137 e. The van der Waals surface area contributed by atoms with Gasteiger partial charge in [-0.25, -0.2) is 9.97 Å². The Kier molecular flexibility index (Phi) is 5.17. The lowest BCUT2D eigenvalue weighted by molar-refractivity contribution is 0.315. The zero-order valence-electron chi connectivity index (χ0n) is 13.2. The molecule has 5 heteroatoms. The molecule has 1 aromatic rings. The van der Waals surface area contributed by atoms with Crippen molar-refractivity contribution in [2.45, 2.75) is 39.2 Å². The molecule has 1 aromatic heterocycles. The number of rotatable bonds is 6. The maximum absolute atomic E-state index is 4.55. The largest absolute Gasteiger partial charge is 0.370 e. The Hall–Kier alpha value is -1.36. The van der Waals surface area contributed by atoms with Crippen molar-refractivity contribution in [3.63, 3.8) is 0 Å². The van der Waals surface area contributed by atoms with Crippen LogP contribution in [0.5, 0.6) is 0 Å². The maximum atomic E-state index is 4.55. The Morgan fingerprint density at radius 2 is 2.15 bits per heavy atom. The number of aromatic nitrogens is 2. The molecule has 5 nitrogen and oxygen atoms in total. The third-order valence-electron chi connectivity index (χ3n) is 4.01. The smallest absolute Gasteiger partial charge is 0.137 e. The number of hydrogen-bond donors (Lipinski definition) is 1. The highest BCUT2D eigenvalue weighted by molar-refractivity contribution is 5.59. The Bertz CT molecular complexity index is 432. The normalized spacial score (nSPS) is 18.9. The molecule has 2 heterocycles. The molecule has 1 aliphatic rings. The second-order valence-corrected chi connectivity index (χ2v) is 5.66. The summed E-state index contributed by atoms with van der Waals surface area (Å²) >= 11 is 0. The summed E-state index contributed by atoms with van der Waals surface area (Å²) in [5, 5.41) is 3.42. The van der Waals surface area contributed by atoms with Crippen LogP contribution in [0.3, 0.4) is 0 Å². The fourth-order valence-corrected chi connectivity index (χ4v) is 2.75. The molecule has 112 valence electrons. The van der Waals surface area contributed by atoms with Gasteiger partial charge < -0.3 is 15.1 Å². The monoisotopic (exact) mass is 277 g/mol. The van der Waals surface area contributed by atoms with Crippen LogP contribution in [0.4, 0.5) is 11.6 Å². The molecule has 1 aliphatic heterocycles. The lowest BCUT2D eigenvalue weighted by Crippen LogP contribution is -2.32. The van der Waals surface area contributed by atoms with Crippen LogP contribution in [0.2, 0.25) is 0 Å². The van der Waals surface area contributed by atoms with Crippen LogP contribution in [-0.4, -0.2) is 54.6 Å². The summed E-state index contributed by atoms with van der Waals surface area (Å²) in [4.78, 5) is 13.7. The summed E-state index contributed by atoms with van der Waals surface area (Å²) in [7, 11) is 4.31. The van der Waals surface area contributed by atoms with E-state index in [0.29, 0.717) is 6.04 Å². The minimum atomic E-state index is 0.627. The fourth-order valence-electron chi connectivity index (χ4n) is 2.75. The van der Waals surface area contributed by atoms with Gasteiger partial charge in [0.1, 0.15) is 18.0 Å². The lowest BCUT2D eigenvalue weighted by atomic mass is 10.2. The highest BCUT2D eigenvalue weighted by Crippen LogP contribution is 2.27. The standard InChI is InChI=1S/C15H27N5/c1-5-8-16-14-13(6-2)15(18-11-17-14)20-9-7-12(10-20)19(3)4/h11-12H,5-10H2,1-4H3,(H,16,17,18). The average Bonchev–Trinajstić information content (AvgIpc) is 2.94. The van der Waals surface area contributed by atoms with E-state index in [2.05, 4.69) is 53.0 Å². The number of nitrogens with zero attached hydrogens (tertiary/aromatic N) is 4. The van der Waals surface area contributed by atoms with Gasteiger partial charge in [-0.2, -0.15) is 0 Å². The summed E-state index contributed by atoms with van der Waals surface area (Å²) in [6.07, 6.45) is 4.97. The molecule has 0 amide bonds. The van der Waals surface area contributed by atoms with Crippen molar-refractivity contribution in [3.05, 3.63) is 11.9 Å². The van der Waals surface area contributed by atoms with Crippen molar-refractivity contribution in [1.82, 2.24) is 14.9 Å². The van der Waals surface area contributed by atoms with E-state index in [1.165, 1.54) is 12.0 Å². The third kappa shape index (κ3) is 3.20. The minimum absolute atomic E-state index is 0.627. The van der Waals surface area contributed by atoms with Gasteiger partial charge >= 0.3 is 0 Å². The van der Waals surface area contributed by atoms with Gasteiger partial charge in [0.15, 0.2) is 0 Å². The third-order valence-corrected chi connectivity index (χ3v) is 4.01. The van der Waals surface area contributed by atoms with Gasteiger partial charge in [-0.3, -0.25) is 0 Å². The van der Waals surface area contributed by atoms with E-state index in [-0.39, 0.29) is 0 Å². The molecule has 0 radical (unpaired) electrons. The van der Waals surface area contributed by atoms with Crippen LogP contribution in [0.25, 0.3) is 0 Å². The van der Waals surface area contributed by atoms with Gasteiger partial charge in [0, 0.05) is 31.2 Å². The van der Waals surface area contributed by atoms with E-state index in [1.807, 2.05) is 0 Å². The van der Waals surface area contributed by atoms with Crippen LogP contribution in [-0.2, 0) is 6.42 Å². The number of likely N-dealkylation sites (N-methyl/N-ethyl adjacent to an activating group) is 1. The molecule has 1 saturated heterocycles. The molecular weight excluding hydrogens is 250 g/mol. The molecule has 2 rings (SSSR count). The predicted molar refractivity (Wildman–Crippen MR) is 84.5 cm³/mol. The van der Waals surface area contributed by atoms with Crippen molar-refractivity contribution in [3.8, 4) is 0 Å². The Labute approximate surface area is 122 Å². The van der Waals surface area contributed by atoms with Crippen molar-refractivity contribution in [2.75, 3.05) is 43.9 Å². The quantitative estimate of drug-likeness (QED) is 0.861. The zero-order chi connectivity index (χ0) is 14.5. The SMILES string of the molecule is CCCNc1ncnc(N2CCC(N(C)C)C2)c1CC. The molecule has 1 N–H and O–H groups in total. The van der Waals surface area contributed by atoms with Gasteiger partial charge in [-0.05, 0) is 33.4 Å². The first kappa shape index (κ1) is 15.0. The second kappa shape index (κ2) is 6.88. The molecule has 0 bridgehead atoms. The van der Waals surface area contributed by atoms with Crippen molar-refractivity contribution >= 4 is 11.6 Å². The van der Waals surface area contributed by atoms with Crippen LogP contribution in [0.15, 0.2) is 6.33 Å². The van der Waals surface area contributed by atoms with E-state index in [0.717, 1.165) is 44.1 Å². The molecule has 0 spiro atoms. The molecule has 1 fully saturated rings. The van der Waals surface area contributed by atoms with Crippen LogP contribution in [0.1, 0.15) is 32.3 Å². The van der Waals surface area contributed by atoms with Gasteiger partial charge in [0.2, 0.25) is 0 Å². The first-order chi connectivity index (χ1) is 9.67. The first-order valence-electron chi connectivity index (χ1n) is 7.66. The highest BCUT2D eigenvalue weighted by atomic mass is 15.3. The topological polar surface area (TPSA) is 44.3 Å². The van der Waals surface area contributed by atoms with Crippen LogP contribution >= 0.6 is 0 Å². The van der Waals surface area contributed by atoms with Gasteiger partial charge in [-0.15, -0.1) is 0 Å². The van der Waals surface area contributed by atoms with Gasteiger partial charge in [0.05, 0.1) is 0 Å². The lowest BCUT2D eigenvalue weighted by Gasteiger charge is -2.23. The van der Waals surface area contributed by atoms with Crippen LogP contribution in [0, 0.1) is 0 Å². The summed E-state index contributed by atoms with van der Waals surface area (Å²) in [6, 6.07) is 0.627. The van der Waals surface area contributed by atoms with Crippen molar-refractivity contribution in [2.24, 2.45) is 0 Å². The average molecular weight is 277 g/mol. The zero-order valence-corrected chi connectivity index (χ0v) is 13.2. The number of anilines is 2. The minimum Gasteiger partial charge on any atom is -0.370 e. The Balaban J connectivity index is 2.19. The molecule has 1 atom stereocenters. The number of hydrogen-bond acceptors (Lipinski definition) is 5. The molecule has 0 aliphatic carbocycles. The van der Waals surface area contributed by atoms with Gasteiger partial charge in [0.25, 0.3) is 0 Å². The van der Waals surface area contributed by atoms with E-state index < -0.39 is 0 Å². The molecular formula is C15H27N5. The summed E-state index contributed by atoms with van der Waals surface area (Å²) in [6.45, 7) is 7.45. The Morgan fingerprint density at radius 3 is 2.75 bits per heavy atom. The summed E-state index contributed by atoms with van der Waals surface area (Å²) in [5.41, 5.74) is 1.25. The fraction of sp³-hybridized carbons (Fsp3) is 0.733. The van der Waals surface area contributed by atoms with E-state index in [4.69, 9.17) is 0 Å².